The number of phenolic OH excluding ortho intramolecular Hbond substituents is 1. The second kappa shape index (κ2) is 11.7. The molecule has 3 aromatic carbocycles. The van der Waals surface area contributed by atoms with Crippen LogP contribution in [0.25, 0.3) is 0 Å². The van der Waals surface area contributed by atoms with Gasteiger partial charge in [-0.15, -0.1) is 0 Å². The molecule has 188 valence electrons. The van der Waals surface area contributed by atoms with Gasteiger partial charge in [-0.3, -0.25) is 14.4 Å². The fourth-order valence-electron chi connectivity index (χ4n) is 3.40. The zero-order valence-electron chi connectivity index (χ0n) is 20.5. The van der Waals surface area contributed by atoms with Crippen LogP contribution in [0.5, 0.6) is 17.2 Å². The van der Waals surface area contributed by atoms with Gasteiger partial charge in [-0.25, -0.2) is 0 Å². The summed E-state index contributed by atoms with van der Waals surface area (Å²) in [4.78, 5) is 37.2. The van der Waals surface area contributed by atoms with Gasteiger partial charge in [0.1, 0.15) is 17.2 Å². The number of rotatable bonds is 9. The average molecular weight is 492 g/mol. The number of ether oxygens (including phenoxy) is 2. The summed E-state index contributed by atoms with van der Waals surface area (Å²) in [6.07, 6.45) is 0.380. The van der Waals surface area contributed by atoms with Crippen molar-refractivity contribution in [2.45, 2.75) is 26.3 Å². The molecule has 0 unspecified atom stereocenters. The maximum Gasteiger partial charge on any atom is 0.255 e. The molecule has 9 nitrogen and oxygen atoms in total. The molecule has 3 rings (SSSR count). The Morgan fingerprint density at radius 1 is 0.833 bits per heavy atom. The van der Waals surface area contributed by atoms with Crippen molar-refractivity contribution in [1.29, 1.82) is 0 Å². The molecule has 4 N–H and O–H groups in total. The van der Waals surface area contributed by atoms with Crippen LogP contribution >= 0.6 is 0 Å². The molecule has 0 saturated carbocycles. The highest BCUT2D eigenvalue weighted by atomic mass is 16.5. The first kappa shape index (κ1) is 26.1. The molecule has 36 heavy (non-hydrogen) atoms. The van der Waals surface area contributed by atoms with E-state index in [0.29, 0.717) is 34.9 Å². The van der Waals surface area contributed by atoms with Gasteiger partial charge in [-0.05, 0) is 55.0 Å². The number of hydrogen-bond acceptors (Lipinski definition) is 6. The molecular weight excluding hydrogens is 462 g/mol. The first-order chi connectivity index (χ1) is 17.2. The van der Waals surface area contributed by atoms with E-state index in [0.717, 1.165) is 5.56 Å². The zero-order chi connectivity index (χ0) is 26.2. The van der Waals surface area contributed by atoms with E-state index >= 15 is 0 Å². The molecule has 0 saturated heterocycles. The molecule has 1 atom stereocenters. The molecule has 3 amide bonds. The Kier molecular flexibility index (Phi) is 8.51. The average Bonchev–Trinajstić information content (AvgIpc) is 2.89. The Bertz CT molecular complexity index is 1230. The summed E-state index contributed by atoms with van der Waals surface area (Å²) in [6.45, 7) is 3.57. The lowest BCUT2D eigenvalue weighted by Crippen LogP contribution is -2.27. The summed E-state index contributed by atoms with van der Waals surface area (Å²) in [5.41, 5.74) is 2.12. The summed E-state index contributed by atoms with van der Waals surface area (Å²) < 4.78 is 10.4. The van der Waals surface area contributed by atoms with Gasteiger partial charge in [0.25, 0.3) is 11.8 Å². The van der Waals surface area contributed by atoms with Gasteiger partial charge in [0.15, 0.2) is 0 Å². The molecule has 0 aliphatic heterocycles. The Hall–Kier alpha value is -4.53. The Morgan fingerprint density at radius 3 is 2.03 bits per heavy atom. The van der Waals surface area contributed by atoms with Crippen LogP contribution in [0.1, 0.15) is 52.6 Å². The van der Waals surface area contributed by atoms with E-state index in [1.165, 1.54) is 32.4 Å². The van der Waals surface area contributed by atoms with E-state index in [1.54, 1.807) is 56.3 Å². The number of carbonyl (C=O) groups is 3. The van der Waals surface area contributed by atoms with E-state index in [9.17, 15) is 19.5 Å². The fourth-order valence-corrected chi connectivity index (χ4v) is 3.40. The van der Waals surface area contributed by atoms with E-state index < -0.39 is 11.8 Å². The number of nitrogens with one attached hydrogen (secondary N) is 3. The molecule has 9 heteroatoms. The van der Waals surface area contributed by atoms with Crippen molar-refractivity contribution in [3.8, 4) is 17.2 Å². The summed E-state index contributed by atoms with van der Waals surface area (Å²) in [7, 11) is 2.97. The van der Waals surface area contributed by atoms with Crippen molar-refractivity contribution < 1.29 is 29.0 Å². The van der Waals surface area contributed by atoms with Crippen LogP contribution in [0.3, 0.4) is 0 Å². The molecular formula is C27H29N3O6. The normalized spacial score (nSPS) is 11.2. The van der Waals surface area contributed by atoms with Crippen molar-refractivity contribution >= 4 is 29.1 Å². The molecule has 0 fully saturated rings. The monoisotopic (exact) mass is 491 g/mol. The molecule has 0 aliphatic rings. The number of aromatic hydroxyl groups is 1. The van der Waals surface area contributed by atoms with Crippen molar-refractivity contribution in [2.75, 3.05) is 24.9 Å². The van der Waals surface area contributed by atoms with Crippen LogP contribution in [0.15, 0.2) is 60.7 Å². The quantitative estimate of drug-likeness (QED) is 0.327. The molecule has 0 aliphatic carbocycles. The number of amides is 3. The van der Waals surface area contributed by atoms with Gasteiger partial charge in [-0.2, -0.15) is 0 Å². The smallest absolute Gasteiger partial charge is 0.255 e. The Morgan fingerprint density at radius 2 is 1.44 bits per heavy atom. The number of benzene rings is 3. The standard InChI is InChI=1S/C27H29N3O6/c1-5-25(32)29-19-8-6-17(7-9-19)16(2)28-27(34)23-14-20(10-11-24(23)31)30-26(33)18-12-21(35-3)15-22(13-18)36-4/h6-16,31H,5H2,1-4H3,(H,28,34)(H,29,32)(H,30,33)/t16-/m1/s1. The number of anilines is 2. The Labute approximate surface area is 209 Å². The maximum atomic E-state index is 12.9. The van der Waals surface area contributed by atoms with Crippen molar-refractivity contribution in [3.05, 3.63) is 77.4 Å². The predicted molar refractivity (Wildman–Crippen MR) is 137 cm³/mol. The van der Waals surface area contributed by atoms with Gasteiger partial charge in [-0.1, -0.05) is 19.1 Å². The topological polar surface area (TPSA) is 126 Å². The highest BCUT2D eigenvalue weighted by Crippen LogP contribution is 2.26. The maximum absolute atomic E-state index is 12.9. The van der Waals surface area contributed by atoms with Crippen LogP contribution in [0.4, 0.5) is 11.4 Å². The van der Waals surface area contributed by atoms with Gasteiger partial charge in [0, 0.05) is 29.4 Å². The number of hydrogen-bond donors (Lipinski definition) is 4. The minimum Gasteiger partial charge on any atom is -0.507 e. The van der Waals surface area contributed by atoms with Crippen molar-refractivity contribution in [3.63, 3.8) is 0 Å². The van der Waals surface area contributed by atoms with Crippen LogP contribution in [0.2, 0.25) is 0 Å². The van der Waals surface area contributed by atoms with Gasteiger partial charge in [0.05, 0.1) is 25.8 Å². The fraction of sp³-hybridized carbons (Fsp3) is 0.222. The highest BCUT2D eigenvalue weighted by molar-refractivity contribution is 6.06. The second-order valence-corrected chi connectivity index (χ2v) is 8.01. The third-order valence-electron chi connectivity index (χ3n) is 5.48. The third-order valence-corrected chi connectivity index (χ3v) is 5.48. The van der Waals surface area contributed by atoms with Gasteiger partial charge < -0.3 is 30.5 Å². The first-order valence-electron chi connectivity index (χ1n) is 11.3. The summed E-state index contributed by atoms with van der Waals surface area (Å²) in [5.74, 6) is -0.342. The molecule has 0 radical (unpaired) electrons. The minimum absolute atomic E-state index is 0.00898. The Balaban J connectivity index is 1.72. The molecule has 0 heterocycles. The van der Waals surface area contributed by atoms with Crippen LogP contribution in [-0.4, -0.2) is 37.0 Å². The van der Waals surface area contributed by atoms with E-state index in [1.807, 2.05) is 0 Å². The second-order valence-electron chi connectivity index (χ2n) is 8.01. The SMILES string of the molecule is CCC(=O)Nc1ccc([C@@H](C)NC(=O)c2cc(NC(=O)c3cc(OC)cc(OC)c3)ccc2O)cc1. The van der Waals surface area contributed by atoms with Gasteiger partial charge in [0.2, 0.25) is 5.91 Å². The highest BCUT2D eigenvalue weighted by Gasteiger charge is 2.17. The first-order valence-corrected chi connectivity index (χ1v) is 11.3. The molecule has 0 bridgehead atoms. The van der Waals surface area contributed by atoms with Crippen molar-refractivity contribution in [2.24, 2.45) is 0 Å². The minimum atomic E-state index is -0.512. The van der Waals surface area contributed by atoms with E-state index in [-0.39, 0.29) is 23.3 Å². The predicted octanol–water partition coefficient (Wildman–Crippen LogP) is 4.50. The zero-order valence-corrected chi connectivity index (χ0v) is 20.5. The summed E-state index contributed by atoms with van der Waals surface area (Å²) >= 11 is 0. The molecule has 0 aromatic heterocycles. The number of methoxy groups -OCH3 is 2. The van der Waals surface area contributed by atoms with Crippen molar-refractivity contribution in [1.82, 2.24) is 5.32 Å². The lowest BCUT2D eigenvalue weighted by atomic mass is 10.1. The van der Waals surface area contributed by atoms with E-state index in [2.05, 4.69) is 16.0 Å². The summed E-state index contributed by atoms with van der Waals surface area (Å²) in [5, 5.41) is 18.6. The van der Waals surface area contributed by atoms with Gasteiger partial charge >= 0.3 is 0 Å². The van der Waals surface area contributed by atoms with Crippen LogP contribution in [-0.2, 0) is 4.79 Å². The number of carbonyl (C=O) groups excluding carboxylic acids is 3. The summed E-state index contributed by atoms with van der Waals surface area (Å²) in [6, 6.07) is 15.7. The molecule has 3 aromatic rings. The lowest BCUT2D eigenvalue weighted by molar-refractivity contribution is -0.115. The largest absolute Gasteiger partial charge is 0.507 e. The van der Waals surface area contributed by atoms with Crippen LogP contribution < -0.4 is 25.4 Å². The molecule has 0 spiro atoms. The van der Waals surface area contributed by atoms with E-state index in [4.69, 9.17) is 9.47 Å². The third kappa shape index (κ3) is 6.53. The number of phenols is 1. The van der Waals surface area contributed by atoms with Crippen LogP contribution in [0, 0.1) is 0 Å². The lowest BCUT2D eigenvalue weighted by Gasteiger charge is -2.16.